The van der Waals surface area contributed by atoms with Gasteiger partial charge in [-0.15, -0.1) is 0 Å². The summed E-state index contributed by atoms with van der Waals surface area (Å²) in [5.41, 5.74) is 2.20. The molecule has 9 heavy (non-hydrogen) atoms. The molecule has 2 nitrogen and oxygen atoms in total. The van der Waals surface area contributed by atoms with Crippen LogP contribution in [0.3, 0.4) is 0 Å². The van der Waals surface area contributed by atoms with Crippen LogP contribution in [0.25, 0.3) is 0 Å². The fourth-order valence-electron chi connectivity index (χ4n) is 0.747. The number of nitrogens with one attached hydrogen (secondary N) is 1. The van der Waals surface area contributed by atoms with Crippen LogP contribution < -0.4 is 5.43 Å². The number of alkyl halides is 3. The number of rotatable bonds is 0. The van der Waals surface area contributed by atoms with Crippen molar-refractivity contribution in [3.8, 4) is 0 Å². The zero-order valence-electron chi connectivity index (χ0n) is 4.70. The van der Waals surface area contributed by atoms with Gasteiger partial charge in [0, 0.05) is 13.1 Å². The zero-order valence-corrected chi connectivity index (χ0v) is 4.70. The summed E-state index contributed by atoms with van der Waals surface area (Å²) in [6, 6.07) is 0. The smallest absolute Gasteiger partial charge is 0.248 e. The van der Waals surface area contributed by atoms with Crippen molar-refractivity contribution in [2.45, 2.75) is 12.7 Å². The Morgan fingerprint density at radius 2 is 2.00 bits per heavy atom. The molecule has 0 amide bonds. The Hall–Kier alpha value is -0.290. The lowest BCUT2D eigenvalue weighted by atomic mass is 10.5. The van der Waals surface area contributed by atoms with E-state index in [0.717, 1.165) is 0 Å². The van der Waals surface area contributed by atoms with Crippen molar-refractivity contribution >= 4 is 0 Å². The summed E-state index contributed by atoms with van der Waals surface area (Å²) in [4.78, 5) is 0. The molecule has 0 aromatic carbocycles. The van der Waals surface area contributed by atoms with E-state index in [2.05, 4.69) is 5.43 Å². The number of hydrogen-bond donors (Lipinski definition) is 1. The average Bonchev–Trinajstić information content (AvgIpc) is 2.08. The predicted octanol–water partition coefficient (Wildman–Crippen LogP) is 0.716. The second-order valence-electron chi connectivity index (χ2n) is 1.88. The monoisotopic (exact) mass is 140 g/mol. The van der Waals surface area contributed by atoms with Gasteiger partial charge in [0.2, 0.25) is 0 Å². The molecule has 1 N–H and O–H groups in total. The first-order valence-corrected chi connectivity index (χ1v) is 2.68. The van der Waals surface area contributed by atoms with Gasteiger partial charge in [-0.25, -0.2) is 5.43 Å². The maximum atomic E-state index is 11.6. The summed E-state index contributed by atoms with van der Waals surface area (Å²) in [7, 11) is 0. The Bertz CT molecular complexity index is 94.5. The van der Waals surface area contributed by atoms with Crippen molar-refractivity contribution in [3.63, 3.8) is 0 Å². The highest BCUT2D eigenvalue weighted by Crippen LogP contribution is 2.20. The third kappa shape index (κ3) is 1.56. The maximum absolute atomic E-state index is 11.6. The van der Waals surface area contributed by atoms with Gasteiger partial charge in [0.1, 0.15) is 0 Å². The highest BCUT2D eigenvalue weighted by molar-refractivity contribution is 4.62. The van der Waals surface area contributed by atoms with Crippen LogP contribution in [0.5, 0.6) is 0 Å². The highest BCUT2D eigenvalue weighted by atomic mass is 19.4. The molecular formula is C4H7F3N2. The number of nitrogens with zero attached hydrogens (tertiary/aromatic N) is 1. The summed E-state index contributed by atoms with van der Waals surface area (Å²) in [6.45, 7) is 0.503. The summed E-state index contributed by atoms with van der Waals surface area (Å²) >= 11 is 0. The van der Waals surface area contributed by atoms with Crippen LogP contribution in [0.2, 0.25) is 0 Å². The Balaban J connectivity index is 2.42. The number of hydrazine groups is 1. The molecule has 1 saturated heterocycles. The first-order valence-electron chi connectivity index (χ1n) is 2.68. The largest absolute Gasteiger partial charge is 0.473 e. The highest BCUT2D eigenvalue weighted by Gasteiger charge is 2.38. The van der Waals surface area contributed by atoms with Crippen molar-refractivity contribution in [1.82, 2.24) is 10.4 Å². The normalized spacial score (nSPS) is 23.0. The molecule has 54 valence electrons. The molecule has 1 rings (SSSR count). The predicted molar refractivity (Wildman–Crippen MR) is 25.4 cm³/mol. The van der Waals surface area contributed by atoms with Crippen LogP contribution >= 0.6 is 0 Å². The van der Waals surface area contributed by atoms with Crippen LogP contribution in [-0.4, -0.2) is 24.4 Å². The van der Waals surface area contributed by atoms with Gasteiger partial charge in [-0.3, -0.25) is 0 Å². The standard InChI is InChI=1S/C4H7F3N2/c5-4(6,7)9-3-1-2-8-9/h8H,1-3H2. The van der Waals surface area contributed by atoms with E-state index in [9.17, 15) is 13.2 Å². The van der Waals surface area contributed by atoms with Crippen molar-refractivity contribution < 1.29 is 13.2 Å². The third-order valence-electron chi connectivity index (χ3n) is 1.17. The van der Waals surface area contributed by atoms with E-state index in [1.807, 2.05) is 0 Å². The Labute approximate surface area is 50.6 Å². The molecule has 1 aliphatic rings. The van der Waals surface area contributed by atoms with Crippen LogP contribution in [-0.2, 0) is 0 Å². The summed E-state index contributed by atoms with van der Waals surface area (Å²) in [6.07, 6.45) is -3.63. The first-order chi connectivity index (χ1) is 4.11. The summed E-state index contributed by atoms with van der Waals surface area (Å²) in [5.74, 6) is 0. The van der Waals surface area contributed by atoms with Crippen molar-refractivity contribution in [2.75, 3.05) is 13.1 Å². The third-order valence-corrected chi connectivity index (χ3v) is 1.17. The lowest BCUT2D eigenvalue weighted by Crippen LogP contribution is -2.42. The van der Waals surface area contributed by atoms with Gasteiger partial charge < -0.3 is 0 Å². The molecule has 0 spiro atoms. The molecule has 0 bridgehead atoms. The van der Waals surface area contributed by atoms with Gasteiger partial charge in [0.05, 0.1) is 0 Å². The van der Waals surface area contributed by atoms with Gasteiger partial charge >= 0.3 is 6.30 Å². The van der Waals surface area contributed by atoms with E-state index in [1.165, 1.54) is 0 Å². The average molecular weight is 140 g/mol. The topological polar surface area (TPSA) is 15.3 Å². The first kappa shape index (κ1) is 6.82. The van der Waals surface area contributed by atoms with Gasteiger partial charge in [0.25, 0.3) is 0 Å². The van der Waals surface area contributed by atoms with E-state index in [1.54, 1.807) is 0 Å². The quantitative estimate of drug-likeness (QED) is 0.498. The molecule has 0 atom stereocenters. The van der Waals surface area contributed by atoms with Gasteiger partial charge in [0.15, 0.2) is 0 Å². The van der Waals surface area contributed by atoms with Crippen LogP contribution in [0.15, 0.2) is 0 Å². The minimum absolute atomic E-state index is 0.0729. The molecule has 0 aliphatic carbocycles. The van der Waals surface area contributed by atoms with Crippen molar-refractivity contribution in [1.29, 1.82) is 0 Å². The molecular weight excluding hydrogens is 133 g/mol. The van der Waals surface area contributed by atoms with Crippen molar-refractivity contribution in [2.24, 2.45) is 0 Å². The van der Waals surface area contributed by atoms with E-state index >= 15 is 0 Å². The van der Waals surface area contributed by atoms with Crippen LogP contribution in [0.4, 0.5) is 13.2 Å². The molecule has 1 aliphatic heterocycles. The second kappa shape index (κ2) is 2.15. The molecule has 0 saturated carbocycles. The minimum Gasteiger partial charge on any atom is -0.248 e. The lowest BCUT2D eigenvalue weighted by Gasteiger charge is -2.17. The van der Waals surface area contributed by atoms with E-state index < -0.39 is 6.30 Å². The molecule has 0 aromatic rings. The van der Waals surface area contributed by atoms with Gasteiger partial charge in [-0.05, 0) is 6.42 Å². The van der Waals surface area contributed by atoms with E-state index in [-0.39, 0.29) is 6.54 Å². The second-order valence-corrected chi connectivity index (χ2v) is 1.88. The Morgan fingerprint density at radius 1 is 1.33 bits per heavy atom. The molecule has 0 aromatic heterocycles. The molecule has 1 heterocycles. The van der Waals surface area contributed by atoms with Crippen LogP contribution in [0.1, 0.15) is 6.42 Å². The van der Waals surface area contributed by atoms with E-state index in [4.69, 9.17) is 0 Å². The number of hydrogen-bond acceptors (Lipinski definition) is 2. The van der Waals surface area contributed by atoms with E-state index in [0.29, 0.717) is 18.0 Å². The fraction of sp³-hybridized carbons (Fsp3) is 1.00. The summed E-state index contributed by atoms with van der Waals surface area (Å²) in [5, 5.41) is 0.299. The fourth-order valence-corrected chi connectivity index (χ4v) is 0.747. The molecule has 5 heteroatoms. The molecule has 0 unspecified atom stereocenters. The summed E-state index contributed by atoms with van der Waals surface area (Å²) < 4.78 is 34.9. The van der Waals surface area contributed by atoms with Gasteiger partial charge in [-0.1, -0.05) is 0 Å². The number of halogens is 3. The zero-order chi connectivity index (χ0) is 6.91. The lowest BCUT2D eigenvalue weighted by molar-refractivity contribution is -0.254. The Morgan fingerprint density at radius 3 is 2.22 bits per heavy atom. The Kier molecular flexibility index (Phi) is 1.63. The van der Waals surface area contributed by atoms with Crippen LogP contribution in [0, 0.1) is 0 Å². The van der Waals surface area contributed by atoms with Gasteiger partial charge in [-0.2, -0.15) is 18.2 Å². The SMILES string of the molecule is FC(F)(F)N1CCCN1. The molecule has 1 fully saturated rings. The van der Waals surface area contributed by atoms with Crippen molar-refractivity contribution in [3.05, 3.63) is 0 Å². The minimum atomic E-state index is -4.20. The molecule has 0 radical (unpaired) electrons. The maximum Gasteiger partial charge on any atom is 0.473 e.